The van der Waals surface area contributed by atoms with Gasteiger partial charge in [0.1, 0.15) is 5.56 Å². The molecule has 8 heteroatoms. The molecular weight excluding hydrogens is 225 g/mol. The summed E-state index contributed by atoms with van der Waals surface area (Å²) >= 11 is 0. The quantitative estimate of drug-likeness (QED) is 0.339. The monoisotopic (exact) mass is 231 g/mol. The number of nitrogens with zero attached hydrogens (tertiary/aromatic N) is 1. The number of hydrogen-bond acceptors (Lipinski definition) is 6. The maximum atomic E-state index is 13.4. The SMILES string of the molecule is COC(=O)c1c(O)c(O)cc([N+](=O)[O-])c1F. The zero-order valence-corrected chi connectivity index (χ0v) is 7.93. The van der Waals surface area contributed by atoms with Gasteiger partial charge in [0.05, 0.1) is 18.1 Å². The molecule has 0 aliphatic carbocycles. The molecule has 0 atom stereocenters. The molecule has 0 unspecified atom stereocenters. The lowest BCUT2D eigenvalue weighted by Crippen LogP contribution is -2.07. The van der Waals surface area contributed by atoms with Gasteiger partial charge in [0.25, 0.3) is 0 Å². The summed E-state index contributed by atoms with van der Waals surface area (Å²) in [6.45, 7) is 0. The van der Waals surface area contributed by atoms with E-state index in [9.17, 15) is 24.4 Å². The number of carbonyl (C=O) groups excluding carboxylic acids is 1. The van der Waals surface area contributed by atoms with Crippen molar-refractivity contribution in [3.8, 4) is 11.5 Å². The second-order valence-corrected chi connectivity index (χ2v) is 2.70. The van der Waals surface area contributed by atoms with Crippen molar-refractivity contribution in [1.29, 1.82) is 0 Å². The highest BCUT2D eigenvalue weighted by molar-refractivity contribution is 5.94. The van der Waals surface area contributed by atoms with E-state index in [-0.39, 0.29) is 0 Å². The fourth-order valence-corrected chi connectivity index (χ4v) is 1.04. The van der Waals surface area contributed by atoms with E-state index in [2.05, 4.69) is 4.74 Å². The van der Waals surface area contributed by atoms with E-state index in [0.29, 0.717) is 6.07 Å². The molecule has 0 aliphatic rings. The fourth-order valence-electron chi connectivity index (χ4n) is 1.04. The highest BCUT2D eigenvalue weighted by atomic mass is 19.1. The van der Waals surface area contributed by atoms with Gasteiger partial charge < -0.3 is 14.9 Å². The van der Waals surface area contributed by atoms with Gasteiger partial charge in [-0.3, -0.25) is 10.1 Å². The van der Waals surface area contributed by atoms with E-state index in [1.165, 1.54) is 0 Å². The number of halogens is 1. The topological polar surface area (TPSA) is 110 Å². The normalized spacial score (nSPS) is 9.88. The van der Waals surface area contributed by atoms with Gasteiger partial charge in [0, 0.05) is 0 Å². The summed E-state index contributed by atoms with van der Waals surface area (Å²) in [5, 5.41) is 28.6. The second kappa shape index (κ2) is 4.01. The molecule has 1 aromatic carbocycles. The highest BCUT2D eigenvalue weighted by Crippen LogP contribution is 2.36. The number of methoxy groups -OCH3 is 1. The molecule has 0 saturated carbocycles. The molecule has 0 heterocycles. The number of hydrogen-bond donors (Lipinski definition) is 2. The minimum Gasteiger partial charge on any atom is -0.504 e. The molecule has 0 bridgehead atoms. The Balaban J connectivity index is 3.58. The predicted molar refractivity (Wildman–Crippen MR) is 47.7 cm³/mol. The van der Waals surface area contributed by atoms with Crippen LogP contribution >= 0.6 is 0 Å². The van der Waals surface area contributed by atoms with Gasteiger partial charge >= 0.3 is 11.7 Å². The zero-order chi connectivity index (χ0) is 12.5. The summed E-state index contributed by atoms with van der Waals surface area (Å²) in [5.74, 6) is -4.97. The summed E-state index contributed by atoms with van der Waals surface area (Å²) in [7, 11) is 0.900. The van der Waals surface area contributed by atoms with Gasteiger partial charge in [0.15, 0.2) is 11.5 Å². The molecule has 0 amide bonds. The first-order chi connectivity index (χ1) is 7.40. The third kappa shape index (κ3) is 1.72. The summed E-state index contributed by atoms with van der Waals surface area (Å²) in [6.07, 6.45) is 0. The van der Waals surface area contributed by atoms with Gasteiger partial charge in [0.2, 0.25) is 5.82 Å². The van der Waals surface area contributed by atoms with Crippen molar-refractivity contribution in [3.05, 3.63) is 27.6 Å². The Hall–Kier alpha value is -2.38. The molecule has 16 heavy (non-hydrogen) atoms. The fraction of sp³-hybridized carbons (Fsp3) is 0.125. The largest absolute Gasteiger partial charge is 0.504 e. The Kier molecular flexibility index (Phi) is 2.93. The molecule has 1 rings (SSSR count). The minimum absolute atomic E-state index is 0.400. The van der Waals surface area contributed by atoms with E-state index in [1.807, 2.05) is 0 Å². The van der Waals surface area contributed by atoms with Crippen LogP contribution < -0.4 is 0 Å². The number of esters is 1. The van der Waals surface area contributed by atoms with E-state index in [1.54, 1.807) is 0 Å². The zero-order valence-electron chi connectivity index (χ0n) is 7.93. The van der Waals surface area contributed by atoms with Crippen LogP contribution in [-0.2, 0) is 4.74 Å². The van der Waals surface area contributed by atoms with Crippen LogP contribution in [-0.4, -0.2) is 28.2 Å². The average Bonchev–Trinajstić information content (AvgIpc) is 2.22. The standard InChI is InChI=1S/C8H6FNO6/c1-16-8(13)5-6(9)3(10(14)15)2-4(11)7(5)12/h2,11-12H,1H3. The van der Waals surface area contributed by atoms with Crippen LogP contribution in [0.5, 0.6) is 11.5 Å². The molecule has 2 N–H and O–H groups in total. The van der Waals surface area contributed by atoms with E-state index >= 15 is 0 Å². The lowest BCUT2D eigenvalue weighted by atomic mass is 10.1. The number of ether oxygens (including phenoxy) is 1. The minimum atomic E-state index is -1.56. The molecule has 0 radical (unpaired) electrons. The van der Waals surface area contributed by atoms with E-state index in [4.69, 9.17) is 5.11 Å². The third-order valence-corrected chi connectivity index (χ3v) is 1.78. The predicted octanol–water partition coefficient (Wildman–Crippen LogP) is 0.932. The molecule has 1 aromatic rings. The molecular formula is C8H6FNO6. The van der Waals surface area contributed by atoms with Gasteiger partial charge in [-0.25, -0.2) is 4.79 Å². The lowest BCUT2D eigenvalue weighted by molar-refractivity contribution is -0.387. The van der Waals surface area contributed by atoms with Crippen LogP contribution in [0.25, 0.3) is 0 Å². The van der Waals surface area contributed by atoms with Crippen molar-refractivity contribution in [2.75, 3.05) is 7.11 Å². The van der Waals surface area contributed by atoms with Gasteiger partial charge in [-0.2, -0.15) is 4.39 Å². The summed E-state index contributed by atoms with van der Waals surface area (Å²) in [6, 6.07) is 0.400. The van der Waals surface area contributed by atoms with Crippen LogP contribution in [0.3, 0.4) is 0 Å². The first kappa shape index (κ1) is 11.7. The highest BCUT2D eigenvalue weighted by Gasteiger charge is 2.29. The van der Waals surface area contributed by atoms with Crippen molar-refractivity contribution in [2.24, 2.45) is 0 Å². The Morgan fingerprint density at radius 1 is 1.56 bits per heavy atom. The number of nitro groups is 1. The Bertz CT molecular complexity index is 472. The Labute approximate surface area is 87.8 Å². The van der Waals surface area contributed by atoms with E-state index < -0.39 is 39.5 Å². The van der Waals surface area contributed by atoms with Gasteiger partial charge in [-0.15, -0.1) is 0 Å². The molecule has 0 aromatic heterocycles. The summed E-state index contributed by atoms with van der Waals surface area (Å²) in [4.78, 5) is 20.3. The van der Waals surface area contributed by atoms with Crippen LogP contribution in [0.15, 0.2) is 6.07 Å². The number of nitro benzene ring substituents is 1. The maximum Gasteiger partial charge on any atom is 0.345 e. The van der Waals surface area contributed by atoms with Crippen LogP contribution in [0.1, 0.15) is 10.4 Å². The Morgan fingerprint density at radius 2 is 2.12 bits per heavy atom. The third-order valence-electron chi connectivity index (χ3n) is 1.78. The van der Waals surface area contributed by atoms with Crippen LogP contribution in [0, 0.1) is 15.9 Å². The number of benzene rings is 1. The van der Waals surface area contributed by atoms with Gasteiger partial charge in [-0.1, -0.05) is 0 Å². The van der Waals surface area contributed by atoms with Crippen molar-refractivity contribution in [3.63, 3.8) is 0 Å². The molecule has 86 valence electrons. The molecule has 7 nitrogen and oxygen atoms in total. The van der Waals surface area contributed by atoms with Crippen molar-refractivity contribution in [1.82, 2.24) is 0 Å². The number of aromatic hydroxyl groups is 2. The van der Waals surface area contributed by atoms with Crippen LogP contribution in [0.2, 0.25) is 0 Å². The second-order valence-electron chi connectivity index (χ2n) is 2.70. The van der Waals surface area contributed by atoms with E-state index in [0.717, 1.165) is 7.11 Å². The number of carbonyl (C=O) groups is 1. The van der Waals surface area contributed by atoms with Crippen molar-refractivity contribution >= 4 is 11.7 Å². The Morgan fingerprint density at radius 3 is 2.56 bits per heavy atom. The molecule has 0 saturated heterocycles. The molecule has 0 aliphatic heterocycles. The molecule has 0 fully saturated rings. The summed E-state index contributed by atoms with van der Waals surface area (Å²) in [5.41, 5.74) is -2.20. The average molecular weight is 231 g/mol. The number of phenolic OH excluding ortho intramolecular Hbond substituents is 2. The van der Waals surface area contributed by atoms with Gasteiger partial charge in [-0.05, 0) is 0 Å². The van der Waals surface area contributed by atoms with Crippen molar-refractivity contribution in [2.45, 2.75) is 0 Å². The first-order valence-corrected chi connectivity index (χ1v) is 3.87. The smallest absolute Gasteiger partial charge is 0.345 e. The van der Waals surface area contributed by atoms with Crippen LogP contribution in [0.4, 0.5) is 10.1 Å². The summed E-state index contributed by atoms with van der Waals surface area (Å²) < 4.78 is 17.5. The lowest BCUT2D eigenvalue weighted by Gasteiger charge is -2.05. The van der Waals surface area contributed by atoms with Crippen molar-refractivity contribution < 1.29 is 29.1 Å². The molecule has 0 spiro atoms. The maximum absolute atomic E-state index is 13.4. The number of rotatable bonds is 2. The first-order valence-electron chi connectivity index (χ1n) is 3.87. The number of phenols is 2.